The molecule has 13 heteroatoms. The number of hydrazone groups is 1. The molecule has 172 valence electrons. The standard InChI is InChI=1S/C20H19N5O8/c1-30-18-7-13(8-21-23-19(26)11-24-10-14(9-22-24)25(28)29)3-5-16(18)32-12-15-4-6-17(33-15)20(27)31-2/h3-10H,11-12H2,1-2H3,(H,23,26)/b21-8-. The molecule has 0 spiro atoms. The maximum atomic E-state index is 11.9. The fraction of sp³-hybridized carbons (Fsp3) is 0.200. The lowest BCUT2D eigenvalue weighted by Crippen LogP contribution is -2.23. The minimum absolute atomic E-state index is 0.0580. The van der Waals surface area contributed by atoms with Gasteiger partial charge in [0.1, 0.15) is 31.3 Å². The monoisotopic (exact) mass is 457 g/mol. The number of aromatic nitrogens is 2. The van der Waals surface area contributed by atoms with Crippen LogP contribution in [0.5, 0.6) is 11.5 Å². The molecule has 3 rings (SSSR count). The van der Waals surface area contributed by atoms with E-state index in [1.807, 2.05) is 0 Å². The van der Waals surface area contributed by atoms with Crippen molar-refractivity contribution < 1.29 is 33.1 Å². The van der Waals surface area contributed by atoms with Gasteiger partial charge in [-0.3, -0.25) is 19.6 Å². The number of nitrogens with zero attached hydrogens (tertiary/aromatic N) is 4. The fourth-order valence-corrected chi connectivity index (χ4v) is 2.59. The quantitative estimate of drug-likeness (QED) is 0.207. The third-order valence-electron chi connectivity index (χ3n) is 4.14. The molecule has 0 saturated heterocycles. The van der Waals surface area contributed by atoms with Crippen LogP contribution in [0.15, 0.2) is 52.2 Å². The predicted octanol–water partition coefficient (Wildman–Crippen LogP) is 1.91. The smallest absolute Gasteiger partial charge is 0.373 e. The van der Waals surface area contributed by atoms with Crippen molar-refractivity contribution >= 4 is 23.8 Å². The number of carbonyl (C=O) groups is 2. The molecule has 3 aromatic rings. The second-order valence-electron chi connectivity index (χ2n) is 6.40. The van der Waals surface area contributed by atoms with E-state index in [-0.39, 0.29) is 24.6 Å². The highest BCUT2D eigenvalue weighted by Crippen LogP contribution is 2.28. The van der Waals surface area contributed by atoms with Crippen LogP contribution in [-0.4, -0.2) is 47.0 Å². The Morgan fingerprint density at radius 1 is 1.27 bits per heavy atom. The number of esters is 1. The normalized spacial score (nSPS) is 10.7. The second-order valence-corrected chi connectivity index (χ2v) is 6.40. The number of rotatable bonds is 10. The molecular formula is C20H19N5O8. The van der Waals surface area contributed by atoms with Crippen LogP contribution >= 0.6 is 0 Å². The average Bonchev–Trinajstić information content (AvgIpc) is 3.47. The zero-order valence-electron chi connectivity index (χ0n) is 17.6. The molecule has 0 aliphatic carbocycles. The van der Waals surface area contributed by atoms with Crippen molar-refractivity contribution in [3.63, 3.8) is 0 Å². The van der Waals surface area contributed by atoms with Crippen LogP contribution < -0.4 is 14.9 Å². The van der Waals surface area contributed by atoms with E-state index >= 15 is 0 Å². The molecule has 33 heavy (non-hydrogen) atoms. The van der Waals surface area contributed by atoms with Crippen LogP contribution in [0.1, 0.15) is 21.9 Å². The molecule has 0 fully saturated rings. The van der Waals surface area contributed by atoms with Crippen molar-refractivity contribution in [3.8, 4) is 11.5 Å². The summed E-state index contributed by atoms with van der Waals surface area (Å²) in [5.74, 6) is 0.237. The van der Waals surface area contributed by atoms with Gasteiger partial charge < -0.3 is 18.6 Å². The third kappa shape index (κ3) is 6.16. The number of nitrogens with one attached hydrogen (secondary N) is 1. The molecule has 0 aliphatic heterocycles. The summed E-state index contributed by atoms with van der Waals surface area (Å²) in [5, 5.41) is 18.2. The number of amides is 1. The first kappa shape index (κ1) is 23.0. The number of ether oxygens (including phenoxy) is 3. The van der Waals surface area contributed by atoms with Gasteiger partial charge in [0.2, 0.25) is 5.76 Å². The summed E-state index contributed by atoms with van der Waals surface area (Å²) in [4.78, 5) is 33.4. The van der Waals surface area contributed by atoms with Crippen molar-refractivity contribution in [2.24, 2.45) is 5.10 Å². The van der Waals surface area contributed by atoms with Crippen molar-refractivity contribution in [2.45, 2.75) is 13.2 Å². The Labute approximate surface area is 186 Å². The minimum Gasteiger partial charge on any atom is -0.493 e. The molecule has 1 aromatic carbocycles. The summed E-state index contributed by atoms with van der Waals surface area (Å²) < 4.78 is 22.1. The highest BCUT2D eigenvalue weighted by atomic mass is 16.6. The minimum atomic E-state index is -0.603. The van der Waals surface area contributed by atoms with Gasteiger partial charge in [-0.05, 0) is 35.9 Å². The average molecular weight is 457 g/mol. The Morgan fingerprint density at radius 2 is 2.09 bits per heavy atom. The lowest BCUT2D eigenvalue weighted by Gasteiger charge is -2.10. The van der Waals surface area contributed by atoms with Crippen LogP contribution in [0.4, 0.5) is 5.69 Å². The zero-order valence-corrected chi connectivity index (χ0v) is 17.6. The number of benzene rings is 1. The molecule has 0 unspecified atom stereocenters. The molecule has 2 aromatic heterocycles. The summed E-state index contributed by atoms with van der Waals surface area (Å²) in [6.45, 7) is -0.172. The maximum Gasteiger partial charge on any atom is 0.373 e. The zero-order chi connectivity index (χ0) is 23.8. The van der Waals surface area contributed by atoms with Crippen LogP contribution in [0.25, 0.3) is 0 Å². The highest BCUT2D eigenvalue weighted by molar-refractivity contribution is 5.86. The fourth-order valence-electron chi connectivity index (χ4n) is 2.59. The number of hydrogen-bond donors (Lipinski definition) is 1. The Hall–Kier alpha value is -4.68. The van der Waals surface area contributed by atoms with E-state index in [9.17, 15) is 19.7 Å². The van der Waals surface area contributed by atoms with Gasteiger partial charge in [0.05, 0.1) is 25.4 Å². The Balaban J connectivity index is 1.55. The molecule has 0 radical (unpaired) electrons. The van der Waals surface area contributed by atoms with Crippen molar-refractivity contribution in [3.05, 3.63) is 69.9 Å². The van der Waals surface area contributed by atoms with Gasteiger partial charge in [0, 0.05) is 0 Å². The molecule has 0 saturated carbocycles. The number of hydrogen-bond acceptors (Lipinski definition) is 10. The van der Waals surface area contributed by atoms with E-state index in [2.05, 4.69) is 20.4 Å². The van der Waals surface area contributed by atoms with Crippen molar-refractivity contribution in [1.82, 2.24) is 15.2 Å². The lowest BCUT2D eigenvalue weighted by atomic mass is 10.2. The number of nitro groups is 1. The van der Waals surface area contributed by atoms with Gasteiger partial charge in [-0.1, -0.05) is 0 Å². The van der Waals surface area contributed by atoms with Crippen LogP contribution in [-0.2, 0) is 22.7 Å². The Bertz CT molecular complexity index is 1180. The van der Waals surface area contributed by atoms with Gasteiger partial charge in [-0.2, -0.15) is 10.2 Å². The van der Waals surface area contributed by atoms with Gasteiger partial charge in [0.15, 0.2) is 11.5 Å². The van der Waals surface area contributed by atoms with E-state index in [1.54, 1.807) is 24.3 Å². The summed E-state index contributed by atoms with van der Waals surface area (Å²) in [5.41, 5.74) is 2.71. The van der Waals surface area contributed by atoms with Gasteiger partial charge in [-0.25, -0.2) is 10.2 Å². The number of carbonyl (C=O) groups excluding carboxylic acids is 2. The van der Waals surface area contributed by atoms with E-state index in [0.29, 0.717) is 22.8 Å². The molecule has 1 N–H and O–H groups in total. The van der Waals surface area contributed by atoms with Crippen LogP contribution in [0.2, 0.25) is 0 Å². The van der Waals surface area contributed by atoms with Gasteiger partial charge >= 0.3 is 11.7 Å². The van der Waals surface area contributed by atoms with E-state index in [4.69, 9.17) is 13.9 Å². The predicted molar refractivity (Wildman–Crippen MR) is 112 cm³/mol. The number of furan rings is 1. The Morgan fingerprint density at radius 3 is 2.79 bits per heavy atom. The lowest BCUT2D eigenvalue weighted by molar-refractivity contribution is -0.385. The molecular weight excluding hydrogens is 438 g/mol. The summed E-state index contributed by atoms with van der Waals surface area (Å²) in [6, 6.07) is 8.07. The molecule has 0 aliphatic rings. The van der Waals surface area contributed by atoms with Crippen molar-refractivity contribution in [1.29, 1.82) is 0 Å². The van der Waals surface area contributed by atoms with Crippen molar-refractivity contribution in [2.75, 3.05) is 14.2 Å². The highest BCUT2D eigenvalue weighted by Gasteiger charge is 2.13. The largest absolute Gasteiger partial charge is 0.493 e. The topological polar surface area (TPSA) is 160 Å². The summed E-state index contributed by atoms with van der Waals surface area (Å²) in [6.07, 6.45) is 3.59. The van der Waals surface area contributed by atoms with Crippen LogP contribution in [0.3, 0.4) is 0 Å². The first-order chi connectivity index (χ1) is 15.9. The maximum absolute atomic E-state index is 11.9. The molecule has 0 atom stereocenters. The Kier molecular flexibility index (Phi) is 7.36. The first-order valence-corrected chi connectivity index (χ1v) is 9.36. The molecule has 13 nitrogen and oxygen atoms in total. The number of methoxy groups -OCH3 is 2. The molecule has 1 amide bonds. The van der Waals surface area contributed by atoms with Crippen LogP contribution in [0, 0.1) is 10.1 Å². The second kappa shape index (κ2) is 10.6. The van der Waals surface area contributed by atoms with E-state index < -0.39 is 16.8 Å². The summed E-state index contributed by atoms with van der Waals surface area (Å²) in [7, 11) is 2.73. The van der Waals surface area contributed by atoms with E-state index in [0.717, 1.165) is 17.1 Å². The third-order valence-corrected chi connectivity index (χ3v) is 4.14. The van der Waals surface area contributed by atoms with E-state index in [1.165, 1.54) is 26.5 Å². The molecule has 2 heterocycles. The molecule has 0 bridgehead atoms. The SMILES string of the molecule is COC(=O)c1ccc(COc2ccc(/C=N\NC(=O)Cn3cc([N+](=O)[O-])cn3)cc2OC)o1. The summed E-state index contributed by atoms with van der Waals surface area (Å²) >= 11 is 0. The van der Waals surface area contributed by atoms with Gasteiger partial charge in [-0.15, -0.1) is 0 Å². The first-order valence-electron chi connectivity index (χ1n) is 9.36. The van der Waals surface area contributed by atoms with Gasteiger partial charge in [0.25, 0.3) is 5.91 Å².